The van der Waals surface area contributed by atoms with Gasteiger partial charge >= 0.3 is 0 Å². The Labute approximate surface area is 113 Å². The van der Waals surface area contributed by atoms with E-state index in [0.717, 1.165) is 5.02 Å². The summed E-state index contributed by atoms with van der Waals surface area (Å²) in [5.41, 5.74) is 0.695. The molecule has 2 unspecified atom stereocenters. The summed E-state index contributed by atoms with van der Waals surface area (Å²) in [6, 6.07) is 9.59. The van der Waals surface area contributed by atoms with Gasteiger partial charge in [0.05, 0.1) is 0 Å². The SMILES string of the molecule is CC1CCC[Si]1(c1ccc(Cl)cc1)n1cncn1. The normalized spacial score (nSPS) is 27.6. The Kier molecular flexibility index (Phi) is 2.99. The van der Waals surface area contributed by atoms with Crippen LogP contribution < -0.4 is 5.19 Å². The second kappa shape index (κ2) is 4.52. The molecule has 3 nitrogen and oxygen atoms in total. The van der Waals surface area contributed by atoms with Crippen LogP contribution in [0.2, 0.25) is 16.6 Å². The molecule has 1 aromatic heterocycles. The molecule has 2 heterocycles. The first-order valence-corrected chi connectivity index (χ1v) is 8.95. The predicted molar refractivity (Wildman–Crippen MR) is 75.7 cm³/mol. The van der Waals surface area contributed by atoms with Gasteiger partial charge in [0.25, 0.3) is 0 Å². The smallest absolute Gasteiger partial charge is 0.220 e. The Bertz CT molecular complexity index is 526. The van der Waals surface area contributed by atoms with E-state index in [1.165, 1.54) is 24.1 Å². The minimum Gasteiger partial charge on any atom is -0.278 e. The van der Waals surface area contributed by atoms with Crippen molar-refractivity contribution < 1.29 is 0 Å². The summed E-state index contributed by atoms with van der Waals surface area (Å²) in [5, 5.41) is 6.67. The van der Waals surface area contributed by atoms with Crippen LogP contribution in [0.25, 0.3) is 0 Å². The van der Waals surface area contributed by atoms with Crippen molar-refractivity contribution in [1.29, 1.82) is 0 Å². The predicted octanol–water partition coefficient (Wildman–Crippen LogP) is 2.82. The molecule has 1 aliphatic heterocycles. The Morgan fingerprint density at radius 1 is 1.33 bits per heavy atom. The van der Waals surface area contributed by atoms with Crippen LogP contribution in [0.1, 0.15) is 19.8 Å². The standard InChI is InChI=1S/C13H16ClN3Si/c1-11-3-2-8-18(11,17-10-15-9-16-17)13-6-4-12(14)5-7-13/h4-7,9-11H,2-3,8H2,1H3. The van der Waals surface area contributed by atoms with Crippen LogP contribution in [0.3, 0.4) is 0 Å². The van der Waals surface area contributed by atoms with Crippen molar-refractivity contribution in [1.82, 2.24) is 14.4 Å². The van der Waals surface area contributed by atoms with Crippen LogP contribution in [0.4, 0.5) is 0 Å². The molecule has 2 aromatic rings. The van der Waals surface area contributed by atoms with Gasteiger partial charge in [0.2, 0.25) is 8.24 Å². The molecule has 2 atom stereocenters. The average Bonchev–Trinajstić information content (AvgIpc) is 3.00. The van der Waals surface area contributed by atoms with E-state index < -0.39 is 8.24 Å². The van der Waals surface area contributed by atoms with Crippen LogP contribution >= 0.6 is 11.6 Å². The molecule has 0 saturated carbocycles. The zero-order chi connectivity index (χ0) is 12.6. The van der Waals surface area contributed by atoms with Crippen molar-refractivity contribution in [2.75, 3.05) is 0 Å². The van der Waals surface area contributed by atoms with E-state index in [-0.39, 0.29) is 0 Å². The van der Waals surface area contributed by atoms with Crippen molar-refractivity contribution in [2.45, 2.75) is 31.4 Å². The van der Waals surface area contributed by atoms with E-state index in [9.17, 15) is 0 Å². The number of hydrogen-bond donors (Lipinski definition) is 0. The Balaban J connectivity index is 2.14. The third kappa shape index (κ3) is 1.71. The zero-order valence-corrected chi connectivity index (χ0v) is 12.1. The van der Waals surface area contributed by atoms with Crippen LogP contribution in [-0.2, 0) is 0 Å². The molecule has 1 saturated heterocycles. The summed E-state index contributed by atoms with van der Waals surface area (Å²) < 4.78 is 2.16. The lowest BCUT2D eigenvalue weighted by molar-refractivity contribution is 0.802. The summed E-state index contributed by atoms with van der Waals surface area (Å²) in [5.74, 6) is 0. The Hall–Kier alpha value is -1.13. The van der Waals surface area contributed by atoms with Crippen molar-refractivity contribution >= 4 is 25.0 Å². The molecule has 18 heavy (non-hydrogen) atoms. The zero-order valence-electron chi connectivity index (χ0n) is 10.4. The summed E-state index contributed by atoms with van der Waals surface area (Å²) in [6.45, 7) is 2.36. The fourth-order valence-electron chi connectivity index (χ4n) is 3.22. The summed E-state index contributed by atoms with van der Waals surface area (Å²) in [7, 11) is -1.77. The molecule has 0 amide bonds. The molecule has 1 aromatic carbocycles. The highest BCUT2D eigenvalue weighted by Crippen LogP contribution is 2.39. The van der Waals surface area contributed by atoms with Gasteiger partial charge in [0.15, 0.2) is 0 Å². The van der Waals surface area contributed by atoms with Gasteiger partial charge in [0, 0.05) is 5.02 Å². The van der Waals surface area contributed by atoms with Crippen LogP contribution in [0.5, 0.6) is 0 Å². The number of rotatable bonds is 2. The summed E-state index contributed by atoms with van der Waals surface area (Å²) >= 11 is 6.01. The average molecular weight is 278 g/mol. The molecular weight excluding hydrogens is 262 g/mol. The fraction of sp³-hybridized carbons (Fsp3) is 0.385. The fourth-order valence-corrected chi connectivity index (χ4v) is 8.34. The minimum absolute atomic E-state index is 0.695. The van der Waals surface area contributed by atoms with Crippen LogP contribution in [0.15, 0.2) is 36.9 Å². The molecule has 0 radical (unpaired) electrons. The lowest BCUT2D eigenvalue weighted by Crippen LogP contribution is -2.55. The molecule has 0 bridgehead atoms. The topological polar surface area (TPSA) is 30.7 Å². The van der Waals surface area contributed by atoms with Crippen molar-refractivity contribution in [3.05, 3.63) is 41.9 Å². The minimum atomic E-state index is -1.77. The number of nitrogens with zero attached hydrogens (tertiary/aromatic N) is 3. The third-order valence-corrected chi connectivity index (χ3v) is 9.85. The quantitative estimate of drug-likeness (QED) is 0.791. The molecule has 5 heteroatoms. The molecular formula is C13H16ClN3Si. The number of benzene rings is 1. The number of aromatic nitrogens is 3. The maximum atomic E-state index is 6.01. The molecule has 3 rings (SSSR count). The van der Waals surface area contributed by atoms with E-state index in [2.05, 4.69) is 33.5 Å². The van der Waals surface area contributed by atoms with Gasteiger partial charge in [-0.3, -0.25) is 4.35 Å². The third-order valence-electron chi connectivity index (χ3n) is 4.18. The first kappa shape index (κ1) is 11.9. The molecule has 1 fully saturated rings. The van der Waals surface area contributed by atoms with Gasteiger partial charge in [-0.1, -0.05) is 43.5 Å². The van der Waals surface area contributed by atoms with E-state index in [4.69, 9.17) is 11.6 Å². The van der Waals surface area contributed by atoms with Gasteiger partial charge in [-0.25, -0.2) is 4.98 Å². The largest absolute Gasteiger partial charge is 0.278 e. The second-order valence-corrected chi connectivity index (χ2v) is 9.87. The molecule has 1 aliphatic rings. The highest BCUT2D eigenvalue weighted by Gasteiger charge is 2.47. The summed E-state index contributed by atoms with van der Waals surface area (Å²) in [6.07, 6.45) is 6.11. The van der Waals surface area contributed by atoms with Crippen LogP contribution in [0, 0.1) is 0 Å². The number of halogens is 1. The molecule has 0 spiro atoms. The summed E-state index contributed by atoms with van der Waals surface area (Å²) in [4.78, 5) is 4.15. The van der Waals surface area contributed by atoms with Crippen LogP contribution in [-0.4, -0.2) is 22.7 Å². The van der Waals surface area contributed by atoms with Gasteiger partial charge in [-0.15, -0.1) is 0 Å². The van der Waals surface area contributed by atoms with Gasteiger partial charge < -0.3 is 0 Å². The molecule has 0 N–H and O–H groups in total. The maximum Gasteiger partial charge on any atom is 0.220 e. The maximum absolute atomic E-state index is 6.01. The van der Waals surface area contributed by atoms with E-state index in [0.29, 0.717) is 5.54 Å². The Morgan fingerprint density at radius 2 is 2.11 bits per heavy atom. The first-order chi connectivity index (χ1) is 8.73. The Morgan fingerprint density at radius 3 is 2.67 bits per heavy atom. The highest BCUT2D eigenvalue weighted by atomic mass is 35.5. The highest BCUT2D eigenvalue weighted by molar-refractivity contribution is 6.92. The van der Waals surface area contributed by atoms with Gasteiger partial charge in [0.1, 0.15) is 12.7 Å². The number of hydrogen-bond acceptors (Lipinski definition) is 2. The lowest BCUT2D eigenvalue weighted by Gasteiger charge is -2.31. The molecule has 94 valence electrons. The van der Waals surface area contributed by atoms with Gasteiger partial charge in [-0.05, 0) is 28.9 Å². The lowest BCUT2D eigenvalue weighted by atomic mass is 10.3. The van der Waals surface area contributed by atoms with E-state index in [1.54, 1.807) is 6.33 Å². The second-order valence-electron chi connectivity index (χ2n) is 5.06. The van der Waals surface area contributed by atoms with Crippen molar-refractivity contribution in [2.24, 2.45) is 0 Å². The first-order valence-electron chi connectivity index (χ1n) is 6.34. The monoisotopic (exact) mass is 277 g/mol. The van der Waals surface area contributed by atoms with Gasteiger partial charge in [-0.2, -0.15) is 5.10 Å². The molecule has 0 aliphatic carbocycles. The van der Waals surface area contributed by atoms with Crippen molar-refractivity contribution in [3.8, 4) is 0 Å². The van der Waals surface area contributed by atoms with E-state index in [1.807, 2.05) is 18.5 Å². The van der Waals surface area contributed by atoms with E-state index >= 15 is 0 Å². The van der Waals surface area contributed by atoms with Crippen molar-refractivity contribution in [3.63, 3.8) is 0 Å².